The maximum absolute atomic E-state index is 13.9. The molecule has 6 rings (SSSR count). The van der Waals surface area contributed by atoms with E-state index in [0.29, 0.717) is 24.2 Å². The predicted octanol–water partition coefficient (Wildman–Crippen LogP) is 8.76. The number of carbonyl (C=O) groups is 2. The zero-order valence-electron chi connectivity index (χ0n) is 30.9. The highest BCUT2D eigenvalue weighted by Crippen LogP contribution is 2.65. The summed E-state index contributed by atoms with van der Waals surface area (Å²) in [5, 5.41) is 23.3. The van der Waals surface area contributed by atoms with Crippen molar-refractivity contribution in [3.05, 3.63) is 71.0 Å². The van der Waals surface area contributed by atoms with Gasteiger partial charge in [0.1, 0.15) is 5.76 Å². The lowest BCUT2D eigenvalue weighted by Crippen LogP contribution is -2.74. The van der Waals surface area contributed by atoms with Gasteiger partial charge in [0.15, 0.2) is 17.6 Å². The normalized spacial score (nSPS) is 25.0. The minimum absolute atomic E-state index is 0.0119. The third-order valence-electron chi connectivity index (χ3n) is 12.1. The van der Waals surface area contributed by atoms with Crippen LogP contribution in [0.3, 0.4) is 0 Å². The molecular formula is C43H59NO7. The molecule has 0 saturated carbocycles. The quantitative estimate of drug-likeness (QED) is 0.104. The molecule has 2 aliphatic carbocycles. The summed E-state index contributed by atoms with van der Waals surface area (Å²) in [6.45, 7) is 2.99. The van der Waals surface area contributed by atoms with Crippen molar-refractivity contribution < 1.29 is 34.0 Å². The Labute approximate surface area is 304 Å². The molecule has 4 aliphatic rings. The lowest BCUT2D eigenvalue weighted by atomic mass is 9.50. The number of hydrogen-bond donors (Lipinski definition) is 2. The molecule has 0 amide bonds. The van der Waals surface area contributed by atoms with E-state index in [4.69, 9.17) is 14.2 Å². The summed E-state index contributed by atoms with van der Waals surface area (Å²) in [5.74, 6) is -0.472. The fourth-order valence-corrected chi connectivity index (χ4v) is 9.32. The third kappa shape index (κ3) is 7.73. The third-order valence-corrected chi connectivity index (χ3v) is 12.1. The van der Waals surface area contributed by atoms with Gasteiger partial charge in [-0.1, -0.05) is 133 Å². The van der Waals surface area contributed by atoms with E-state index in [1.165, 1.54) is 77.0 Å². The van der Waals surface area contributed by atoms with Crippen LogP contribution in [0.4, 0.5) is 0 Å². The zero-order valence-corrected chi connectivity index (χ0v) is 30.9. The minimum Gasteiger partial charge on any atom is -0.504 e. The van der Waals surface area contributed by atoms with Crippen molar-refractivity contribution in [2.45, 2.75) is 158 Å². The molecule has 2 bridgehead atoms. The predicted molar refractivity (Wildman–Crippen MR) is 198 cm³/mol. The van der Waals surface area contributed by atoms with E-state index >= 15 is 0 Å². The first-order chi connectivity index (χ1) is 24.8. The summed E-state index contributed by atoms with van der Waals surface area (Å²) < 4.78 is 18.4. The van der Waals surface area contributed by atoms with Crippen molar-refractivity contribution >= 4 is 11.9 Å². The molecule has 2 aromatic rings. The Morgan fingerprint density at radius 2 is 1.53 bits per heavy atom. The van der Waals surface area contributed by atoms with E-state index in [0.717, 1.165) is 36.9 Å². The Bertz CT molecular complexity index is 1520. The average Bonchev–Trinajstić information content (AvgIpc) is 3.49. The second kappa shape index (κ2) is 17.0. The lowest BCUT2D eigenvalue weighted by molar-refractivity contribution is -0.176. The van der Waals surface area contributed by atoms with E-state index in [9.17, 15) is 19.8 Å². The molecule has 2 aliphatic heterocycles. The van der Waals surface area contributed by atoms with Gasteiger partial charge in [-0.05, 0) is 50.6 Å². The van der Waals surface area contributed by atoms with Gasteiger partial charge in [-0.2, -0.15) is 0 Å². The standard InChI is InChI=1S/C43H59NO7/c1-3-4-5-6-7-8-9-10-11-12-13-14-15-16-20-23-36(46)50-38(31-21-18-17-19-22-31)41(47)49-34-26-27-43(48)35-30-32-24-25-33(45)39-37(32)42(43,40(34)51-39)28-29-44(35)2/h17-19,21-22,24-26,35,38,40,45,48H,3-16,20,23,27-30H2,1-2H3/t35-,38-,40-,42-,43+/m0/s1. The average molecular weight is 702 g/mol. The molecule has 278 valence electrons. The van der Waals surface area contributed by atoms with Gasteiger partial charge in [0.05, 0.1) is 11.0 Å². The van der Waals surface area contributed by atoms with Gasteiger partial charge in [0, 0.05) is 30.0 Å². The molecule has 0 aromatic heterocycles. The van der Waals surface area contributed by atoms with Crippen LogP contribution in [0.15, 0.2) is 54.3 Å². The topological polar surface area (TPSA) is 106 Å². The number of hydrogen-bond acceptors (Lipinski definition) is 8. The molecular weight excluding hydrogens is 642 g/mol. The number of phenolic OH excluding ortho intramolecular Hbond substituents is 1. The minimum atomic E-state index is -1.24. The number of esters is 2. The summed E-state index contributed by atoms with van der Waals surface area (Å²) in [5.41, 5.74) is 0.365. The number of benzene rings is 2. The first-order valence-electron chi connectivity index (χ1n) is 19.9. The number of rotatable bonds is 20. The number of phenols is 1. The summed E-state index contributed by atoms with van der Waals surface area (Å²) in [4.78, 5) is 29.2. The van der Waals surface area contributed by atoms with E-state index in [1.807, 2.05) is 19.2 Å². The van der Waals surface area contributed by atoms with Crippen LogP contribution >= 0.6 is 0 Å². The number of carbonyl (C=O) groups excluding carboxylic acids is 2. The summed E-state index contributed by atoms with van der Waals surface area (Å²) in [6.07, 6.45) is 20.2. The summed E-state index contributed by atoms with van der Waals surface area (Å²) >= 11 is 0. The molecule has 2 N–H and O–H groups in total. The zero-order chi connectivity index (χ0) is 35.8. The van der Waals surface area contributed by atoms with Gasteiger partial charge in [0.2, 0.25) is 6.10 Å². The van der Waals surface area contributed by atoms with Gasteiger partial charge in [-0.15, -0.1) is 0 Å². The van der Waals surface area contributed by atoms with Gasteiger partial charge in [0.25, 0.3) is 0 Å². The fraction of sp³-hybridized carbons (Fsp3) is 0.628. The number of likely N-dealkylation sites (N-methyl/N-ethyl adjacent to an activating group) is 1. The van der Waals surface area contributed by atoms with Crippen LogP contribution in [0, 0.1) is 0 Å². The van der Waals surface area contributed by atoms with Crippen LogP contribution in [-0.2, 0) is 30.9 Å². The maximum atomic E-state index is 13.9. The molecule has 0 unspecified atom stereocenters. The summed E-state index contributed by atoms with van der Waals surface area (Å²) in [6, 6.07) is 12.4. The van der Waals surface area contributed by atoms with Crippen molar-refractivity contribution in [3.8, 4) is 11.5 Å². The highest BCUT2D eigenvalue weighted by Gasteiger charge is 2.72. The fourth-order valence-electron chi connectivity index (χ4n) is 9.32. The molecule has 1 saturated heterocycles. The van der Waals surface area contributed by atoms with Crippen molar-refractivity contribution in [1.29, 1.82) is 0 Å². The van der Waals surface area contributed by atoms with E-state index in [-0.39, 0.29) is 30.4 Å². The van der Waals surface area contributed by atoms with Gasteiger partial charge >= 0.3 is 11.9 Å². The van der Waals surface area contributed by atoms with Crippen LogP contribution in [0.2, 0.25) is 0 Å². The van der Waals surface area contributed by atoms with Crippen LogP contribution in [0.1, 0.15) is 145 Å². The molecule has 5 atom stereocenters. The van der Waals surface area contributed by atoms with Gasteiger partial charge in [-0.3, -0.25) is 4.79 Å². The van der Waals surface area contributed by atoms with Gasteiger partial charge in [-0.25, -0.2) is 4.79 Å². The molecule has 8 heteroatoms. The number of unbranched alkanes of at least 4 members (excludes halogenated alkanes) is 14. The Kier molecular flexibility index (Phi) is 12.5. The molecule has 51 heavy (non-hydrogen) atoms. The number of aromatic hydroxyl groups is 1. The first-order valence-corrected chi connectivity index (χ1v) is 19.9. The number of nitrogens with zero attached hydrogens (tertiary/aromatic N) is 1. The van der Waals surface area contributed by atoms with Crippen LogP contribution < -0.4 is 4.74 Å². The number of aliphatic hydroxyl groups is 1. The molecule has 1 spiro atoms. The SMILES string of the molecule is CCCCCCCCCCCCCCCCCC(=O)O[C@H](C(=O)OC1=CC[C@@]2(O)[C@@H]3Cc4ccc(O)c5c4[C@@]2(CCN3C)[C@H]1O5)c1ccccc1. The molecule has 1 fully saturated rings. The van der Waals surface area contributed by atoms with Crippen molar-refractivity contribution in [3.63, 3.8) is 0 Å². The van der Waals surface area contributed by atoms with Crippen LogP contribution in [-0.4, -0.2) is 58.4 Å². The second-order valence-corrected chi connectivity index (χ2v) is 15.5. The molecule has 2 aromatic carbocycles. The van der Waals surface area contributed by atoms with E-state index in [1.54, 1.807) is 36.4 Å². The molecule has 8 nitrogen and oxygen atoms in total. The first kappa shape index (κ1) is 37.4. The molecule has 2 heterocycles. The Morgan fingerprint density at radius 1 is 0.902 bits per heavy atom. The van der Waals surface area contributed by atoms with Crippen LogP contribution in [0.5, 0.6) is 11.5 Å². The van der Waals surface area contributed by atoms with E-state index in [2.05, 4.69) is 11.8 Å². The summed E-state index contributed by atoms with van der Waals surface area (Å²) in [7, 11) is 2.03. The lowest BCUT2D eigenvalue weighted by Gasteiger charge is -2.61. The van der Waals surface area contributed by atoms with E-state index < -0.39 is 35.2 Å². The highest BCUT2D eigenvalue weighted by atomic mass is 16.6. The number of ether oxygens (including phenoxy) is 3. The van der Waals surface area contributed by atoms with Crippen molar-refractivity contribution in [2.75, 3.05) is 13.6 Å². The Morgan fingerprint density at radius 3 is 2.18 bits per heavy atom. The largest absolute Gasteiger partial charge is 0.504 e. The second-order valence-electron chi connectivity index (χ2n) is 15.5. The maximum Gasteiger partial charge on any atom is 0.357 e. The van der Waals surface area contributed by atoms with Crippen molar-refractivity contribution in [2.24, 2.45) is 0 Å². The number of piperidine rings is 1. The molecule has 0 radical (unpaired) electrons. The monoisotopic (exact) mass is 701 g/mol. The smallest absolute Gasteiger partial charge is 0.357 e. The Balaban J connectivity index is 1.01. The number of likely N-dealkylation sites (tertiary alicyclic amines) is 1. The van der Waals surface area contributed by atoms with Gasteiger partial charge < -0.3 is 29.3 Å². The highest BCUT2D eigenvalue weighted by molar-refractivity contribution is 5.82. The Hall–Kier alpha value is -3.36. The van der Waals surface area contributed by atoms with Crippen LogP contribution in [0.25, 0.3) is 0 Å². The van der Waals surface area contributed by atoms with Crippen molar-refractivity contribution in [1.82, 2.24) is 4.90 Å².